The molecule has 0 saturated carbocycles. The molecule has 2 bridgehead atoms. The Hall–Kier alpha value is -1.57. The number of hydrogen-bond donors (Lipinski definition) is 1. The Bertz CT molecular complexity index is 447. The van der Waals surface area contributed by atoms with Crippen molar-refractivity contribution in [1.82, 2.24) is 5.32 Å². The van der Waals surface area contributed by atoms with Crippen LogP contribution < -0.4 is 5.32 Å². The fourth-order valence-corrected chi connectivity index (χ4v) is 2.46. The molecule has 1 aromatic carbocycles. The molecular weight excluding hydrogens is 174 g/mol. The van der Waals surface area contributed by atoms with E-state index in [9.17, 15) is 4.79 Å². The molecule has 2 atom stereocenters. The lowest BCUT2D eigenvalue weighted by Crippen LogP contribution is -2.42. The minimum Gasteiger partial charge on any atom is -0.345 e. The summed E-state index contributed by atoms with van der Waals surface area (Å²) in [5, 5.41) is 2.99. The zero-order valence-corrected chi connectivity index (χ0v) is 7.95. The molecule has 1 amide bonds. The normalized spacial score (nSPS) is 28.1. The fourth-order valence-electron chi connectivity index (χ4n) is 2.46. The maximum atomic E-state index is 11.7. The maximum absolute atomic E-state index is 11.7. The Morgan fingerprint density at radius 1 is 1.21 bits per heavy atom. The van der Waals surface area contributed by atoms with E-state index in [1.54, 1.807) is 0 Å². The molecule has 2 aliphatic heterocycles. The molecule has 1 aromatic rings. The Morgan fingerprint density at radius 2 is 1.93 bits per heavy atom. The minimum atomic E-state index is -0.0452. The monoisotopic (exact) mass is 185 g/mol. The minimum absolute atomic E-state index is 0.0452. The van der Waals surface area contributed by atoms with Crippen molar-refractivity contribution < 1.29 is 4.79 Å². The van der Waals surface area contributed by atoms with Crippen LogP contribution in [0.15, 0.2) is 35.9 Å². The molecule has 2 nitrogen and oxygen atoms in total. The summed E-state index contributed by atoms with van der Waals surface area (Å²) in [6.07, 6.45) is 2.15. The summed E-state index contributed by atoms with van der Waals surface area (Å²) in [5.41, 5.74) is 3.61. The lowest BCUT2D eigenvalue weighted by molar-refractivity contribution is -0.123. The van der Waals surface area contributed by atoms with Crippen LogP contribution in [0.1, 0.15) is 30.0 Å². The quantitative estimate of drug-likeness (QED) is 0.614. The molecule has 2 heterocycles. The van der Waals surface area contributed by atoms with Crippen molar-refractivity contribution >= 4 is 5.91 Å². The molecule has 1 N–H and O–H groups in total. The number of fused-ring (bicyclic) bond motifs is 1. The van der Waals surface area contributed by atoms with E-state index in [-0.39, 0.29) is 17.9 Å². The van der Waals surface area contributed by atoms with Gasteiger partial charge in [0.1, 0.15) is 0 Å². The first kappa shape index (κ1) is 7.80. The van der Waals surface area contributed by atoms with Crippen LogP contribution in [-0.4, -0.2) is 5.91 Å². The molecule has 1 aliphatic carbocycles. The van der Waals surface area contributed by atoms with E-state index in [4.69, 9.17) is 0 Å². The summed E-state index contributed by atoms with van der Waals surface area (Å²) < 4.78 is 0. The van der Waals surface area contributed by atoms with Crippen molar-refractivity contribution in [3.05, 3.63) is 47.0 Å². The number of carbonyl (C=O) groups is 1. The second kappa shape index (κ2) is 2.47. The lowest BCUT2D eigenvalue weighted by atomic mass is 9.76. The average Bonchev–Trinajstić information content (AvgIpc) is 2.17. The summed E-state index contributed by atoms with van der Waals surface area (Å²) in [6, 6.07) is 8.27. The topological polar surface area (TPSA) is 29.1 Å². The van der Waals surface area contributed by atoms with Gasteiger partial charge in [0.2, 0.25) is 5.91 Å². The number of benzene rings is 1. The summed E-state index contributed by atoms with van der Waals surface area (Å²) >= 11 is 0. The molecule has 2 unspecified atom stereocenters. The maximum Gasteiger partial charge on any atom is 0.232 e. The smallest absolute Gasteiger partial charge is 0.232 e. The largest absolute Gasteiger partial charge is 0.345 e. The summed E-state index contributed by atoms with van der Waals surface area (Å²) in [5.74, 6) is 0.102. The van der Waals surface area contributed by atoms with E-state index in [2.05, 4.69) is 23.5 Å². The highest BCUT2D eigenvalue weighted by Gasteiger charge is 2.37. The van der Waals surface area contributed by atoms with Crippen LogP contribution in [-0.2, 0) is 4.79 Å². The van der Waals surface area contributed by atoms with Crippen LogP contribution in [0.5, 0.6) is 0 Å². The Labute approximate surface area is 82.6 Å². The molecule has 0 fully saturated rings. The van der Waals surface area contributed by atoms with Crippen molar-refractivity contribution in [3.8, 4) is 0 Å². The summed E-state index contributed by atoms with van der Waals surface area (Å²) in [4.78, 5) is 11.7. The number of hydrogen-bond acceptors (Lipinski definition) is 1. The van der Waals surface area contributed by atoms with Gasteiger partial charge in [-0.3, -0.25) is 4.79 Å². The molecule has 0 radical (unpaired) electrons. The van der Waals surface area contributed by atoms with Crippen LogP contribution in [0.4, 0.5) is 0 Å². The van der Waals surface area contributed by atoms with Gasteiger partial charge in [-0.2, -0.15) is 0 Å². The Balaban J connectivity index is 2.27. The second-order valence-electron chi connectivity index (χ2n) is 3.96. The van der Waals surface area contributed by atoms with Crippen LogP contribution in [0.3, 0.4) is 0 Å². The van der Waals surface area contributed by atoms with E-state index in [1.165, 1.54) is 16.7 Å². The first-order valence-electron chi connectivity index (χ1n) is 4.85. The van der Waals surface area contributed by atoms with Crippen LogP contribution >= 0.6 is 0 Å². The van der Waals surface area contributed by atoms with Gasteiger partial charge in [-0.1, -0.05) is 35.9 Å². The van der Waals surface area contributed by atoms with E-state index < -0.39 is 0 Å². The highest BCUT2D eigenvalue weighted by atomic mass is 16.2. The SMILES string of the molecule is CC1=CC2NC(=O)C1c1ccccc12. The van der Waals surface area contributed by atoms with Gasteiger partial charge in [0, 0.05) is 0 Å². The third-order valence-electron chi connectivity index (χ3n) is 3.09. The first-order chi connectivity index (χ1) is 6.77. The van der Waals surface area contributed by atoms with Gasteiger partial charge in [0.25, 0.3) is 0 Å². The van der Waals surface area contributed by atoms with Gasteiger partial charge in [-0.15, -0.1) is 0 Å². The van der Waals surface area contributed by atoms with Crippen LogP contribution in [0, 0.1) is 0 Å². The zero-order chi connectivity index (χ0) is 9.71. The lowest BCUT2D eigenvalue weighted by Gasteiger charge is -2.36. The Morgan fingerprint density at radius 3 is 2.64 bits per heavy atom. The molecule has 0 spiro atoms. The van der Waals surface area contributed by atoms with Gasteiger partial charge in [0.15, 0.2) is 0 Å². The second-order valence-corrected chi connectivity index (χ2v) is 3.96. The first-order valence-corrected chi connectivity index (χ1v) is 4.85. The molecule has 2 heteroatoms. The number of nitrogens with one attached hydrogen (secondary N) is 1. The van der Waals surface area contributed by atoms with Crippen LogP contribution in [0.2, 0.25) is 0 Å². The fraction of sp³-hybridized carbons (Fsp3) is 0.250. The summed E-state index contributed by atoms with van der Waals surface area (Å²) in [7, 11) is 0. The zero-order valence-electron chi connectivity index (χ0n) is 7.95. The van der Waals surface area contributed by atoms with Gasteiger partial charge in [0.05, 0.1) is 12.0 Å². The molecule has 0 aromatic heterocycles. The Kier molecular flexibility index (Phi) is 1.38. The van der Waals surface area contributed by atoms with Crippen LogP contribution in [0.25, 0.3) is 0 Å². The third kappa shape index (κ3) is 0.830. The molecular formula is C12H11NO. The molecule has 70 valence electrons. The molecule has 4 rings (SSSR count). The third-order valence-corrected chi connectivity index (χ3v) is 3.09. The molecule has 0 saturated heterocycles. The van der Waals surface area contributed by atoms with Crippen molar-refractivity contribution in [2.75, 3.05) is 0 Å². The standard InChI is InChI=1S/C12H11NO/c1-7-6-10-8-4-2-3-5-9(8)11(7)12(14)13-10/h2-6,10-11H,1H3,(H,13,14). The van der Waals surface area contributed by atoms with Crippen molar-refractivity contribution in [2.24, 2.45) is 0 Å². The van der Waals surface area contributed by atoms with Gasteiger partial charge >= 0.3 is 0 Å². The number of rotatable bonds is 0. The predicted molar refractivity (Wildman–Crippen MR) is 53.8 cm³/mol. The highest BCUT2D eigenvalue weighted by molar-refractivity contribution is 5.91. The predicted octanol–water partition coefficient (Wildman–Crippen LogP) is 1.90. The van der Waals surface area contributed by atoms with E-state index in [1.807, 2.05) is 19.1 Å². The molecule has 14 heavy (non-hydrogen) atoms. The number of carbonyl (C=O) groups excluding carboxylic acids is 1. The van der Waals surface area contributed by atoms with Crippen molar-refractivity contribution in [1.29, 1.82) is 0 Å². The van der Waals surface area contributed by atoms with E-state index >= 15 is 0 Å². The van der Waals surface area contributed by atoms with Gasteiger partial charge < -0.3 is 5.32 Å². The van der Waals surface area contributed by atoms with Gasteiger partial charge in [-0.05, 0) is 18.1 Å². The molecule has 3 aliphatic rings. The summed E-state index contributed by atoms with van der Waals surface area (Å²) in [6.45, 7) is 2.03. The van der Waals surface area contributed by atoms with Crippen molar-refractivity contribution in [3.63, 3.8) is 0 Å². The van der Waals surface area contributed by atoms with Crippen molar-refractivity contribution in [2.45, 2.75) is 18.9 Å². The van der Waals surface area contributed by atoms with Gasteiger partial charge in [-0.25, -0.2) is 0 Å². The van der Waals surface area contributed by atoms with E-state index in [0.717, 1.165) is 0 Å². The number of amides is 1. The van der Waals surface area contributed by atoms with E-state index in [0.29, 0.717) is 0 Å². The average molecular weight is 185 g/mol. The highest BCUT2D eigenvalue weighted by Crippen LogP contribution is 2.41.